The molecule has 0 aliphatic carbocycles. The Morgan fingerprint density at radius 2 is 1.84 bits per heavy atom. The zero-order chi connectivity index (χ0) is 14.9. The van der Waals surface area contributed by atoms with E-state index in [1.807, 2.05) is 0 Å². The Labute approximate surface area is 115 Å². The number of rotatable bonds is 10. The highest BCUT2D eigenvalue weighted by atomic mass is 16.1. The summed E-state index contributed by atoms with van der Waals surface area (Å²) in [5.74, 6) is 0.477. The van der Waals surface area contributed by atoms with Gasteiger partial charge < -0.3 is 11.1 Å². The summed E-state index contributed by atoms with van der Waals surface area (Å²) < 4.78 is 0. The largest absolute Gasteiger partial charge is 0.368 e. The third-order valence-electron chi connectivity index (χ3n) is 2.95. The number of nitrogens with two attached hydrogens (primary N) is 1. The van der Waals surface area contributed by atoms with E-state index in [0.29, 0.717) is 31.3 Å². The number of nitrogens with zero attached hydrogens (tertiary/aromatic N) is 3. The van der Waals surface area contributed by atoms with Crippen LogP contribution in [0.5, 0.6) is 0 Å². The molecule has 0 spiro atoms. The van der Waals surface area contributed by atoms with E-state index in [2.05, 4.69) is 43.0 Å². The van der Waals surface area contributed by atoms with E-state index in [-0.39, 0.29) is 5.91 Å². The van der Waals surface area contributed by atoms with Gasteiger partial charge in [-0.05, 0) is 43.2 Å². The first-order chi connectivity index (χ1) is 8.84. The van der Waals surface area contributed by atoms with Gasteiger partial charge in [0.25, 0.3) is 0 Å². The third kappa shape index (κ3) is 7.03. The molecular formula is C13H27N5O. The van der Waals surface area contributed by atoms with E-state index < -0.39 is 5.54 Å². The van der Waals surface area contributed by atoms with E-state index in [1.165, 1.54) is 0 Å². The van der Waals surface area contributed by atoms with Gasteiger partial charge in [-0.3, -0.25) is 4.79 Å². The molecule has 0 fully saturated rings. The zero-order valence-electron chi connectivity index (χ0n) is 12.5. The standard InChI is InChI=1S/C13H27N5O/c1-10(2)8-13(12(14)19,9-11(3)4)16-6-5-7-17-18-15/h10-11,16H,5-9H2,1-4H3,(H2,14,19). The maximum atomic E-state index is 11.9. The topological polar surface area (TPSA) is 104 Å². The molecule has 0 bridgehead atoms. The highest BCUT2D eigenvalue weighted by Crippen LogP contribution is 2.25. The molecule has 0 saturated carbocycles. The Hall–Kier alpha value is -1.26. The zero-order valence-corrected chi connectivity index (χ0v) is 12.5. The van der Waals surface area contributed by atoms with Crippen LogP contribution in [0.2, 0.25) is 0 Å². The highest BCUT2D eigenvalue weighted by molar-refractivity contribution is 5.84. The van der Waals surface area contributed by atoms with Gasteiger partial charge in [0.2, 0.25) is 5.91 Å². The molecule has 0 aliphatic heterocycles. The average molecular weight is 269 g/mol. The SMILES string of the molecule is CC(C)CC(CC(C)C)(NCCCN=[N+]=[N-])C(N)=O. The molecule has 0 radical (unpaired) electrons. The van der Waals surface area contributed by atoms with Crippen molar-refractivity contribution in [3.63, 3.8) is 0 Å². The lowest BCUT2D eigenvalue weighted by atomic mass is 9.81. The second-order valence-corrected chi connectivity index (χ2v) is 5.88. The number of primary amides is 1. The van der Waals surface area contributed by atoms with Gasteiger partial charge in [-0.15, -0.1) is 0 Å². The van der Waals surface area contributed by atoms with Gasteiger partial charge >= 0.3 is 0 Å². The molecule has 6 nitrogen and oxygen atoms in total. The van der Waals surface area contributed by atoms with E-state index >= 15 is 0 Å². The number of carbonyl (C=O) groups is 1. The van der Waals surface area contributed by atoms with Crippen LogP contribution in [-0.2, 0) is 4.79 Å². The number of amides is 1. The lowest BCUT2D eigenvalue weighted by molar-refractivity contribution is -0.125. The number of nitrogens with one attached hydrogen (secondary N) is 1. The minimum atomic E-state index is -0.654. The third-order valence-corrected chi connectivity index (χ3v) is 2.95. The van der Waals surface area contributed by atoms with E-state index in [4.69, 9.17) is 11.3 Å². The predicted octanol–water partition coefficient (Wildman–Crippen LogP) is 2.59. The maximum absolute atomic E-state index is 11.9. The Bertz CT molecular complexity index is 311. The molecule has 0 aliphatic rings. The Kier molecular flexibility index (Phi) is 8.19. The quantitative estimate of drug-likeness (QED) is 0.275. The molecule has 3 N–H and O–H groups in total. The minimum Gasteiger partial charge on any atom is -0.368 e. The fourth-order valence-electron chi connectivity index (χ4n) is 2.43. The lowest BCUT2D eigenvalue weighted by Crippen LogP contribution is -2.57. The molecule has 6 heteroatoms. The van der Waals surface area contributed by atoms with Crippen LogP contribution in [0.15, 0.2) is 5.11 Å². The van der Waals surface area contributed by atoms with E-state index in [1.54, 1.807) is 0 Å². The smallest absolute Gasteiger partial charge is 0.237 e. The summed E-state index contributed by atoms with van der Waals surface area (Å²) in [7, 11) is 0. The second-order valence-electron chi connectivity index (χ2n) is 5.88. The molecule has 0 saturated heterocycles. The van der Waals surface area contributed by atoms with Crippen LogP contribution in [0.4, 0.5) is 0 Å². The second kappa shape index (κ2) is 8.77. The molecular weight excluding hydrogens is 242 g/mol. The van der Waals surface area contributed by atoms with Gasteiger partial charge in [-0.2, -0.15) is 0 Å². The van der Waals surface area contributed by atoms with Crippen molar-refractivity contribution in [3.05, 3.63) is 10.4 Å². The molecule has 0 aromatic carbocycles. The number of carbonyl (C=O) groups excluding carboxylic acids is 1. The molecule has 0 aromatic rings. The van der Waals surface area contributed by atoms with E-state index in [0.717, 1.165) is 12.8 Å². The van der Waals surface area contributed by atoms with Gasteiger partial charge in [0.15, 0.2) is 0 Å². The molecule has 0 heterocycles. The monoisotopic (exact) mass is 269 g/mol. The molecule has 1 amide bonds. The summed E-state index contributed by atoms with van der Waals surface area (Å²) in [6, 6.07) is 0. The van der Waals surface area contributed by atoms with Gasteiger partial charge in [-0.25, -0.2) is 0 Å². The van der Waals surface area contributed by atoms with Gasteiger partial charge in [-0.1, -0.05) is 32.8 Å². The number of hydrogen-bond acceptors (Lipinski definition) is 3. The molecule has 19 heavy (non-hydrogen) atoms. The number of hydrogen-bond donors (Lipinski definition) is 2. The lowest BCUT2D eigenvalue weighted by Gasteiger charge is -2.35. The first kappa shape index (κ1) is 17.7. The summed E-state index contributed by atoms with van der Waals surface area (Å²) in [5.41, 5.74) is 13.2. The van der Waals surface area contributed by atoms with Gasteiger partial charge in [0, 0.05) is 11.5 Å². The van der Waals surface area contributed by atoms with Crippen molar-refractivity contribution in [1.82, 2.24) is 5.32 Å². The van der Waals surface area contributed by atoms with Crippen LogP contribution in [0.25, 0.3) is 10.4 Å². The van der Waals surface area contributed by atoms with Crippen LogP contribution < -0.4 is 11.1 Å². The van der Waals surface area contributed by atoms with Crippen molar-refractivity contribution < 1.29 is 4.79 Å². The predicted molar refractivity (Wildman–Crippen MR) is 77.5 cm³/mol. The van der Waals surface area contributed by atoms with Crippen molar-refractivity contribution >= 4 is 5.91 Å². The van der Waals surface area contributed by atoms with Crippen LogP contribution in [0, 0.1) is 11.8 Å². The number of azide groups is 1. The van der Waals surface area contributed by atoms with Crippen molar-refractivity contribution in [2.75, 3.05) is 13.1 Å². The van der Waals surface area contributed by atoms with Crippen molar-refractivity contribution in [2.24, 2.45) is 22.7 Å². The molecule has 0 aromatic heterocycles. The first-order valence-corrected chi connectivity index (χ1v) is 6.90. The fraction of sp³-hybridized carbons (Fsp3) is 0.923. The summed E-state index contributed by atoms with van der Waals surface area (Å²) in [6.45, 7) is 9.39. The normalized spacial score (nSPS) is 11.7. The van der Waals surface area contributed by atoms with Crippen molar-refractivity contribution in [2.45, 2.75) is 52.5 Å². The molecule has 0 atom stereocenters. The fourth-order valence-corrected chi connectivity index (χ4v) is 2.43. The first-order valence-electron chi connectivity index (χ1n) is 6.90. The Balaban J connectivity index is 4.69. The molecule has 0 rings (SSSR count). The van der Waals surface area contributed by atoms with Crippen LogP contribution in [0.3, 0.4) is 0 Å². The Morgan fingerprint density at radius 1 is 1.32 bits per heavy atom. The average Bonchev–Trinajstić information content (AvgIpc) is 2.26. The van der Waals surface area contributed by atoms with Crippen LogP contribution in [0.1, 0.15) is 47.0 Å². The molecule has 110 valence electrons. The van der Waals surface area contributed by atoms with Crippen LogP contribution >= 0.6 is 0 Å². The van der Waals surface area contributed by atoms with Gasteiger partial charge in [0.1, 0.15) is 0 Å². The maximum Gasteiger partial charge on any atom is 0.237 e. The summed E-state index contributed by atoms with van der Waals surface area (Å²) in [5, 5.41) is 6.78. The summed E-state index contributed by atoms with van der Waals surface area (Å²) in [6.07, 6.45) is 2.15. The van der Waals surface area contributed by atoms with Crippen LogP contribution in [-0.4, -0.2) is 24.5 Å². The Morgan fingerprint density at radius 3 is 2.21 bits per heavy atom. The highest BCUT2D eigenvalue weighted by Gasteiger charge is 2.36. The summed E-state index contributed by atoms with van der Waals surface area (Å²) in [4.78, 5) is 14.6. The molecule has 0 unspecified atom stereocenters. The van der Waals surface area contributed by atoms with Crippen molar-refractivity contribution in [1.29, 1.82) is 0 Å². The van der Waals surface area contributed by atoms with Gasteiger partial charge in [0.05, 0.1) is 5.54 Å². The minimum absolute atomic E-state index is 0.293. The van der Waals surface area contributed by atoms with E-state index in [9.17, 15) is 4.79 Å². The van der Waals surface area contributed by atoms with Crippen molar-refractivity contribution in [3.8, 4) is 0 Å². The summed E-state index contributed by atoms with van der Waals surface area (Å²) >= 11 is 0.